The number of nitrogens with one attached hydrogen (secondary N) is 1. The molecule has 0 radical (unpaired) electrons. The molecule has 1 aromatic carbocycles. The molecule has 0 saturated carbocycles. The molecule has 4 atom stereocenters. The number of carbonyl (C=O) groups is 4. The number of rotatable bonds is 4. The van der Waals surface area contributed by atoms with Gasteiger partial charge in [0.05, 0.1) is 36.2 Å². The zero-order valence-electron chi connectivity index (χ0n) is 13.9. The lowest BCUT2D eigenvalue weighted by Gasteiger charge is -2.18. The molecule has 0 aromatic heterocycles. The quantitative estimate of drug-likeness (QED) is 0.477. The molecule has 26 heavy (non-hydrogen) atoms. The fourth-order valence-corrected chi connectivity index (χ4v) is 3.55. The van der Waals surface area contributed by atoms with Gasteiger partial charge >= 0.3 is 5.97 Å². The van der Waals surface area contributed by atoms with Gasteiger partial charge in [0.2, 0.25) is 0 Å². The normalized spacial score (nSPS) is 28.4. The van der Waals surface area contributed by atoms with Crippen molar-refractivity contribution in [2.24, 2.45) is 11.8 Å². The van der Waals surface area contributed by atoms with E-state index in [2.05, 4.69) is 5.43 Å². The van der Waals surface area contributed by atoms with E-state index >= 15 is 0 Å². The van der Waals surface area contributed by atoms with Gasteiger partial charge in [0.15, 0.2) is 0 Å². The fourth-order valence-electron chi connectivity index (χ4n) is 3.55. The van der Waals surface area contributed by atoms with Crippen LogP contribution < -0.4 is 5.43 Å². The van der Waals surface area contributed by atoms with Crippen molar-refractivity contribution < 1.29 is 28.7 Å². The van der Waals surface area contributed by atoms with Crippen LogP contribution in [-0.2, 0) is 19.1 Å². The molecule has 3 aliphatic heterocycles. The average molecular weight is 356 g/mol. The van der Waals surface area contributed by atoms with Gasteiger partial charge in [-0.25, -0.2) is 4.79 Å². The first kappa shape index (κ1) is 16.5. The highest BCUT2D eigenvalue weighted by molar-refractivity contribution is 6.09. The van der Waals surface area contributed by atoms with Gasteiger partial charge in [-0.1, -0.05) is 12.2 Å². The Morgan fingerprint density at radius 3 is 2.12 bits per heavy atom. The zero-order valence-corrected chi connectivity index (χ0v) is 13.9. The summed E-state index contributed by atoms with van der Waals surface area (Å²) in [5.74, 6) is -3.18. The van der Waals surface area contributed by atoms with Crippen molar-refractivity contribution in [1.29, 1.82) is 0 Å². The lowest BCUT2D eigenvalue weighted by atomic mass is 9.85. The molecule has 2 saturated heterocycles. The highest BCUT2D eigenvalue weighted by atomic mass is 16.5. The number of carbonyl (C=O) groups excluding carboxylic acids is 4. The minimum absolute atomic E-state index is 0.216. The summed E-state index contributed by atoms with van der Waals surface area (Å²) in [6.07, 6.45) is 2.73. The van der Waals surface area contributed by atoms with E-state index < -0.39 is 47.7 Å². The van der Waals surface area contributed by atoms with Crippen molar-refractivity contribution in [3.63, 3.8) is 0 Å². The first-order valence-electron chi connectivity index (χ1n) is 8.31. The average Bonchev–Trinajstić information content (AvgIpc) is 3.32. The molecule has 0 aliphatic carbocycles. The highest BCUT2D eigenvalue weighted by Gasteiger charge is 2.61. The van der Waals surface area contributed by atoms with Crippen LogP contribution in [0, 0.1) is 11.8 Å². The molecule has 3 aliphatic rings. The number of ether oxygens (including phenoxy) is 2. The van der Waals surface area contributed by atoms with Crippen LogP contribution in [0.1, 0.15) is 27.6 Å². The number of hydrazine groups is 1. The lowest BCUT2D eigenvalue weighted by Crippen LogP contribution is -2.47. The largest absolute Gasteiger partial charge is 0.462 e. The molecule has 3 heterocycles. The Bertz CT molecular complexity index is 801. The van der Waals surface area contributed by atoms with Crippen LogP contribution in [0.3, 0.4) is 0 Å². The molecular formula is C18H16N2O6. The first-order chi connectivity index (χ1) is 12.5. The minimum Gasteiger partial charge on any atom is -0.462 e. The van der Waals surface area contributed by atoms with Crippen molar-refractivity contribution in [3.8, 4) is 0 Å². The van der Waals surface area contributed by atoms with E-state index in [0.29, 0.717) is 5.56 Å². The molecule has 2 bridgehead atoms. The third kappa shape index (κ3) is 2.41. The van der Waals surface area contributed by atoms with Crippen molar-refractivity contribution in [3.05, 3.63) is 47.5 Å². The minimum atomic E-state index is -0.608. The van der Waals surface area contributed by atoms with E-state index in [1.165, 1.54) is 24.3 Å². The Morgan fingerprint density at radius 2 is 1.58 bits per heavy atom. The van der Waals surface area contributed by atoms with Crippen molar-refractivity contribution in [1.82, 2.24) is 10.4 Å². The second-order valence-corrected chi connectivity index (χ2v) is 6.25. The van der Waals surface area contributed by atoms with E-state index in [4.69, 9.17) is 9.47 Å². The van der Waals surface area contributed by atoms with Gasteiger partial charge in [-0.2, -0.15) is 5.01 Å². The standard InChI is InChI=1S/C18H16N2O6/c1-2-25-18(24)10-5-3-9(4-6-10)15(21)19-20-16(22)13-11-7-8-12(26-11)14(13)17(20)23/h3-8,11-14H,2H2,1H3,(H,19,21)/t11-,12-,13+,14+/m1/s1. The molecule has 134 valence electrons. The summed E-state index contributed by atoms with van der Waals surface area (Å²) in [4.78, 5) is 49.0. The second-order valence-electron chi connectivity index (χ2n) is 6.25. The summed E-state index contributed by atoms with van der Waals surface area (Å²) in [7, 11) is 0. The summed E-state index contributed by atoms with van der Waals surface area (Å²) < 4.78 is 10.4. The van der Waals surface area contributed by atoms with Crippen molar-refractivity contribution in [2.75, 3.05) is 6.61 Å². The summed E-state index contributed by atoms with van der Waals surface area (Å²) >= 11 is 0. The molecule has 8 nitrogen and oxygen atoms in total. The highest BCUT2D eigenvalue weighted by Crippen LogP contribution is 2.44. The van der Waals surface area contributed by atoms with Crippen LogP contribution in [0.15, 0.2) is 36.4 Å². The zero-order chi connectivity index (χ0) is 18.4. The van der Waals surface area contributed by atoms with Gasteiger partial charge in [0, 0.05) is 5.56 Å². The number of amides is 3. The van der Waals surface area contributed by atoms with Gasteiger partial charge in [0.25, 0.3) is 17.7 Å². The van der Waals surface area contributed by atoms with Gasteiger partial charge < -0.3 is 9.47 Å². The molecule has 2 fully saturated rings. The predicted octanol–water partition coefficient (Wildman–Crippen LogP) is 0.446. The maximum absolute atomic E-state index is 12.5. The Labute approximate surface area is 148 Å². The maximum Gasteiger partial charge on any atom is 0.338 e. The van der Waals surface area contributed by atoms with Crippen LogP contribution in [-0.4, -0.2) is 47.5 Å². The Morgan fingerprint density at radius 1 is 1.04 bits per heavy atom. The molecule has 1 N–H and O–H groups in total. The Balaban J connectivity index is 1.46. The SMILES string of the molecule is CCOC(=O)c1ccc(C(=O)NN2C(=O)[C@@H]3[C@@H](C2=O)[C@H]2C=C[C@H]3O2)cc1. The van der Waals surface area contributed by atoms with E-state index in [1.807, 2.05) is 0 Å². The van der Waals surface area contributed by atoms with E-state index in [9.17, 15) is 19.2 Å². The third-order valence-corrected chi connectivity index (χ3v) is 4.78. The number of hydrogen-bond acceptors (Lipinski definition) is 6. The van der Waals surface area contributed by atoms with Crippen LogP contribution in [0.2, 0.25) is 0 Å². The smallest absolute Gasteiger partial charge is 0.338 e. The molecule has 3 amide bonds. The Kier molecular flexibility index (Phi) is 3.84. The molecule has 0 spiro atoms. The van der Waals surface area contributed by atoms with Crippen LogP contribution in [0.25, 0.3) is 0 Å². The number of imide groups is 1. The molecule has 8 heteroatoms. The van der Waals surface area contributed by atoms with E-state index in [-0.39, 0.29) is 12.2 Å². The first-order valence-corrected chi connectivity index (χ1v) is 8.31. The second kappa shape index (κ2) is 6.06. The van der Waals surface area contributed by atoms with Crippen LogP contribution in [0.5, 0.6) is 0 Å². The maximum atomic E-state index is 12.5. The van der Waals surface area contributed by atoms with Gasteiger partial charge in [-0.05, 0) is 31.2 Å². The van der Waals surface area contributed by atoms with Gasteiger partial charge in [-0.15, -0.1) is 0 Å². The third-order valence-electron chi connectivity index (χ3n) is 4.78. The van der Waals surface area contributed by atoms with Crippen molar-refractivity contribution in [2.45, 2.75) is 19.1 Å². The topological polar surface area (TPSA) is 102 Å². The summed E-state index contributed by atoms with van der Waals surface area (Å²) in [5, 5.41) is 0.784. The molecule has 4 rings (SSSR count). The lowest BCUT2D eigenvalue weighted by molar-refractivity contribution is -0.145. The van der Waals surface area contributed by atoms with Gasteiger partial charge in [-0.3, -0.25) is 19.8 Å². The predicted molar refractivity (Wildman–Crippen MR) is 86.5 cm³/mol. The number of esters is 1. The van der Waals surface area contributed by atoms with Crippen molar-refractivity contribution >= 4 is 23.7 Å². The summed E-state index contributed by atoms with van der Waals surface area (Å²) in [5.41, 5.74) is 2.89. The van der Waals surface area contributed by atoms with Gasteiger partial charge in [0.1, 0.15) is 0 Å². The number of hydrogen-bond donors (Lipinski definition) is 1. The number of benzene rings is 1. The number of fused-ring (bicyclic) bond motifs is 5. The fraction of sp³-hybridized carbons (Fsp3) is 0.333. The van der Waals surface area contributed by atoms with E-state index in [1.54, 1.807) is 19.1 Å². The van der Waals surface area contributed by atoms with Crippen LogP contribution >= 0.6 is 0 Å². The Hall–Kier alpha value is -3.00. The molecule has 1 aromatic rings. The van der Waals surface area contributed by atoms with Crippen LogP contribution in [0.4, 0.5) is 0 Å². The summed E-state index contributed by atoms with van der Waals surface area (Å²) in [6, 6.07) is 5.77. The summed E-state index contributed by atoms with van der Waals surface area (Å²) in [6.45, 7) is 1.95. The molecule has 0 unspecified atom stereocenters. The monoisotopic (exact) mass is 356 g/mol. The van der Waals surface area contributed by atoms with E-state index in [0.717, 1.165) is 5.01 Å². The molecular weight excluding hydrogens is 340 g/mol. The number of nitrogens with zero attached hydrogens (tertiary/aromatic N) is 1.